The van der Waals surface area contributed by atoms with Gasteiger partial charge in [0.1, 0.15) is 0 Å². The summed E-state index contributed by atoms with van der Waals surface area (Å²) in [5, 5.41) is 6.61. The van der Waals surface area contributed by atoms with Gasteiger partial charge < -0.3 is 15.4 Å². The molecule has 5 heteroatoms. The van der Waals surface area contributed by atoms with Crippen LogP contribution in [0.25, 0.3) is 0 Å². The molecular weight excluding hydrogens is 305 g/mol. The highest BCUT2D eigenvalue weighted by atomic mass is 19.1. The Morgan fingerprint density at radius 3 is 2.67 bits per heavy atom. The highest BCUT2D eigenvalue weighted by molar-refractivity contribution is 5.80. The molecule has 4 nitrogen and oxygen atoms in total. The minimum absolute atomic E-state index is 0.0195. The number of halogens is 1. The Balaban J connectivity index is 1.58. The van der Waals surface area contributed by atoms with Crippen LogP contribution in [0.1, 0.15) is 51.1 Å². The normalized spacial score (nSPS) is 19.0. The Kier molecular flexibility index (Phi) is 5.59. The van der Waals surface area contributed by atoms with Crippen molar-refractivity contribution in [2.45, 2.75) is 45.6 Å². The van der Waals surface area contributed by atoms with E-state index in [1.807, 2.05) is 19.9 Å². The maximum atomic E-state index is 14.2. The summed E-state index contributed by atoms with van der Waals surface area (Å²) in [5.74, 6) is 2.23. The Hall–Kier alpha value is -1.78. The lowest BCUT2D eigenvalue weighted by Gasteiger charge is -2.19. The van der Waals surface area contributed by atoms with Gasteiger partial charge in [-0.05, 0) is 69.1 Å². The van der Waals surface area contributed by atoms with E-state index in [0.29, 0.717) is 18.3 Å². The van der Waals surface area contributed by atoms with Crippen LogP contribution in [0.4, 0.5) is 4.39 Å². The number of hydrogen-bond acceptors (Lipinski definition) is 2. The predicted molar refractivity (Wildman–Crippen MR) is 94.9 cm³/mol. The highest BCUT2D eigenvalue weighted by Crippen LogP contribution is 2.31. The number of benzene rings is 1. The lowest BCUT2D eigenvalue weighted by molar-refractivity contribution is 0.285. The van der Waals surface area contributed by atoms with Crippen molar-refractivity contribution < 1.29 is 9.13 Å². The predicted octanol–water partition coefficient (Wildman–Crippen LogP) is 3.64. The number of ether oxygens (including phenoxy) is 1. The average molecular weight is 333 g/mol. The smallest absolute Gasteiger partial charge is 0.191 e. The summed E-state index contributed by atoms with van der Waals surface area (Å²) in [7, 11) is 0. The topological polar surface area (TPSA) is 45.7 Å². The molecule has 0 radical (unpaired) electrons. The molecule has 1 aromatic rings. The standard InChI is InChI=1S/C19H28FN3O/c1-3-21-19(22-11-14-4-5-14)23-13(2)16-8-9-18(17(20)10-16)24-12-15-6-7-15/h8-10,13-15H,3-7,11-12H2,1-2H3,(H2,21,22,23). The summed E-state index contributed by atoms with van der Waals surface area (Å²) in [5.41, 5.74) is 0.892. The third kappa shape index (κ3) is 5.11. The van der Waals surface area contributed by atoms with Crippen LogP contribution in [-0.2, 0) is 0 Å². The number of hydrogen-bond donors (Lipinski definition) is 2. The molecule has 0 spiro atoms. The first kappa shape index (κ1) is 17.1. The molecule has 1 aromatic carbocycles. The molecule has 2 aliphatic rings. The van der Waals surface area contributed by atoms with Gasteiger partial charge in [-0.25, -0.2) is 4.39 Å². The van der Waals surface area contributed by atoms with Gasteiger partial charge in [0.05, 0.1) is 12.6 Å². The Bertz CT molecular complexity index is 582. The molecule has 0 heterocycles. The first-order valence-corrected chi connectivity index (χ1v) is 9.12. The van der Waals surface area contributed by atoms with E-state index in [1.165, 1.54) is 25.7 Å². The fourth-order valence-corrected chi connectivity index (χ4v) is 2.52. The van der Waals surface area contributed by atoms with Crippen molar-refractivity contribution in [3.8, 4) is 5.75 Å². The minimum Gasteiger partial charge on any atom is -0.490 e. The summed E-state index contributed by atoms with van der Waals surface area (Å²) < 4.78 is 19.8. The number of guanidine groups is 1. The third-order valence-electron chi connectivity index (χ3n) is 4.53. The van der Waals surface area contributed by atoms with Crippen molar-refractivity contribution in [2.24, 2.45) is 16.8 Å². The van der Waals surface area contributed by atoms with Crippen LogP contribution in [0.3, 0.4) is 0 Å². The molecule has 1 unspecified atom stereocenters. The van der Waals surface area contributed by atoms with Crippen LogP contribution in [0.15, 0.2) is 23.2 Å². The quantitative estimate of drug-likeness (QED) is 0.564. The summed E-state index contributed by atoms with van der Waals surface area (Å²) in [6.07, 6.45) is 4.97. The zero-order valence-electron chi connectivity index (χ0n) is 14.6. The summed E-state index contributed by atoms with van der Waals surface area (Å²) in [4.78, 5) is 4.61. The average Bonchev–Trinajstić information content (AvgIpc) is 3.46. The van der Waals surface area contributed by atoms with Crippen LogP contribution >= 0.6 is 0 Å². The van der Waals surface area contributed by atoms with Gasteiger partial charge in [-0.2, -0.15) is 0 Å². The molecule has 3 rings (SSSR count). The Morgan fingerprint density at radius 2 is 2.04 bits per heavy atom. The number of nitrogens with zero attached hydrogens (tertiary/aromatic N) is 1. The lowest BCUT2D eigenvalue weighted by Crippen LogP contribution is -2.38. The summed E-state index contributed by atoms with van der Waals surface area (Å²) in [6.45, 7) is 6.37. The molecule has 0 aliphatic heterocycles. The van der Waals surface area contributed by atoms with Gasteiger partial charge in [-0.3, -0.25) is 4.99 Å². The number of rotatable bonds is 8. The van der Waals surface area contributed by atoms with E-state index < -0.39 is 0 Å². The summed E-state index contributed by atoms with van der Waals surface area (Å²) >= 11 is 0. The molecule has 0 aromatic heterocycles. The fraction of sp³-hybridized carbons (Fsp3) is 0.632. The Labute approximate surface area is 143 Å². The summed E-state index contributed by atoms with van der Waals surface area (Å²) in [6, 6.07) is 5.20. The maximum absolute atomic E-state index is 14.2. The van der Waals surface area contributed by atoms with E-state index in [0.717, 1.165) is 30.5 Å². The van der Waals surface area contributed by atoms with Crippen LogP contribution in [0.5, 0.6) is 5.75 Å². The molecule has 0 amide bonds. The van der Waals surface area contributed by atoms with Crippen molar-refractivity contribution >= 4 is 5.96 Å². The molecule has 24 heavy (non-hydrogen) atoms. The monoisotopic (exact) mass is 333 g/mol. The van der Waals surface area contributed by atoms with E-state index in [-0.39, 0.29) is 11.9 Å². The van der Waals surface area contributed by atoms with E-state index in [2.05, 4.69) is 15.6 Å². The van der Waals surface area contributed by atoms with Gasteiger partial charge in [0.2, 0.25) is 0 Å². The first-order chi connectivity index (χ1) is 11.7. The molecule has 132 valence electrons. The maximum Gasteiger partial charge on any atom is 0.191 e. The molecule has 2 N–H and O–H groups in total. The molecule has 2 fully saturated rings. The van der Waals surface area contributed by atoms with Gasteiger partial charge in [-0.15, -0.1) is 0 Å². The SMILES string of the molecule is CCNC(=NCC1CC1)NC(C)c1ccc(OCC2CC2)c(F)c1. The Morgan fingerprint density at radius 1 is 1.29 bits per heavy atom. The van der Waals surface area contributed by atoms with E-state index in [9.17, 15) is 4.39 Å². The molecule has 0 bridgehead atoms. The minimum atomic E-state index is -0.290. The van der Waals surface area contributed by atoms with Crippen molar-refractivity contribution in [3.63, 3.8) is 0 Å². The van der Waals surface area contributed by atoms with E-state index >= 15 is 0 Å². The second-order valence-electron chi connectivity index (χ2n) is 6.97. The largest absolute Gasteiger partial charge is 0.490 e. The number of nitrogens with one attached hydrogen (secondary N) is 2. The second kappa shape index (κ2) is 7.86. The van der Waals surface area contributed by atoms with Crippen LogP contribution < -0.4 is 15.4 Å². The van der Waals surface area contributed by atoms with Crippen LogP contribution in [0, 0.1) is 17.7 Å². The van der Waals surface area contributed by atoms with E-state index in [4.69, 9.17) is 4.74 Å². The lowest BCUT2D eigenvalue weighted by atomic mass is 10.1. The fourth-order valence-electron chi connectivity index (χ4n) is 2.52. The molecular formula is C19H28FN3O. The molecule has 2 aliphatic carbocycles. The van der Waals surface area contributed by atoms with Gasteiger partial charge in [-0.1, -0.05) is 6.07 Å². The highest BCUT2D eigenvalue weighted by Gasteiger charge is 2.23. The van der Waals surface area contributed by atoms with E-state index in [1.54, 1.807) is 12.1 Å². The zero-order valence-corrected chi connectivity index (χ0v) is 14.6. The van der Waals surface area contributed by atoms with Gasteiger partial charge >= 0.3 is 0 Å². The van der Waals surface area contributed by atoms with Crippen LogP contribution in [0.2, 0.25) is 0 Å². The van der Waals surface area contributed by atoms with Crippen molar-refractivity contribution in [3.05, 3.63) is 29.6 Å². The van der Waals surface area contributed by atoms with Gasteiger partial charge in [0, 0.05) is 13.1 Å². The first-order valence-electron chi connectivity index (χ1n) is 9.12. The number of aliphatic imine (C=N–C) groups is 1. The second-order valence-corrected chi connectivity index (χ2v) is 6.97. The van der Waals surface area contributed by atoms with Crippen LogP contribution in [-0.4, -0.2) is 25.7 Å². The van der Waals surface area contributed by atoms with Gasteiger partial charge in [0.15, 0.2) is 17.5 Å². The van der Waals surface area contributed by atoms with Crippen molar-refractivity contribution in [1.82, 2.24) is 10.6 Å². The molecule has 0 saturated heterocycles. The third-order valence-corrected chi connectivity index (χ3v) is 4.53. The zero-order chi connectivity index (χ0) is 16.9. The van der Waals surface area contributed by atoms with Crippen molar-refractivity contribution in [1.29, 1.82) is 0 Å². The van der Waals surface area contributed by atoms with Crippen molar-refractivity contribution in [2.75, 3.05) is 19.7 Å². The molecule has 1 atom stereocenters. The van der Waals surface area contributed by atoms with Gasteiger partial charge in [0.25, 0.3) is 0 Å². The molecule has 2 saturated carbocycles.